The van der Waals surface area contributed by atoms with Crippen molar-refractivity contribution in [1.82, 2.24) is 10.5 Å². The lowest BCUT2D eigenvalue weighted by molar-refractivity contribution is 0.0823. The van der Waals surface area contributed by atoms with E-state index in [0.29, 0.717) is 17.8 Å². The van der Waals surface area contributed by atoms with Gasteiger partial charge in [-0.1, -0.05) is 11.6 Å². The smallest absolute Gasteiger partial charge is 0.171 e. The van der Waals surface area contributed by atoms with Crippen LogP contribution in [0.5, 0.6) is 0 Å². The fraction of sp³-hybridized carbons (Fsp3) is 0.714. The van der Waals surface area contributed by atoms with Crippen LogP contribution in [0.25, 0.3) is 0 Å². The van der Waals surface area contributed by atoms with Gasteiger partial charge in [0.25, 0.3) is 0 Å². The zero-order chi connectivity index (χ0) is 12.7. The lowest BCUT2D eigenvalue weighted by atomic mass is 9.77. The number of hydrogen-bond donors (Lipinski definition) is 1. The number of piperidine rings is 2. The van der Waals surface area contributed by atoms with Crippen LogP contribution in [-0.2, 0) is 0 Å². The van der Waals surface area contributed by atoms with Crippen LogP contribution in [0, 0.1) is 19.8 Å². The van der Waals surface area contributed by atoms with E-state index in [1.807, 2.05) is 13.8 Å². The lowest BCUT2D eigenvalue weighted by Crippen LogP contribution is -2.50. The molecule has 0 aromatic carbocycles. The number of aryl methyl sites for hydroxylation is 2. The van der Waals surface area contributed by atoms with Gasteiger partial charge in [-0.25, -0.2) is 0 Å². The second kappa shape index (κ2) is 4.50. The molecule has 0 amide bonds. The fourth-order valence-corrected chi connectivity index (χ4v) is 3.52. The molecule has 2 atom stereocenters. The first-order chi connectivity index (χ1) is 8.65. The van der Waals surface area contributed by atoms with Crippen molar-refractivity contribution in [2.24, 2.45) is 5.92 Å². The van der Waals surface area contributed by atoms with Crippen LogP contribution < -0.4 is 5.32 Å². The van der Waals surface area contributed by atoms with Crippen LogP contribution in [0.1, 0.15) is 53.9 Å². The van der Waals surface area contributed by atoms with Crippen LogP contribution in [-0.4, -0.2) is 23.0 Å². The molecule has 0 radical (unpaired) electrons. The summed E-state index contributed by atoms with van der Waals surface area (Å²) in [7, 11) is 0. The lowest BCUT2D eigenvalue weighted by Gasteiger charge is -2.39. The summed E-state index contributed by atoms with van der Waals surface area (Å²) in [6.07, 6.45) is 5.66. The van der Waals surface area contributed by atoms with Crippen molar-refractivity contribution in [2.45, 2.75) is 58.0 Å². The Morgan fingerprint density at radius 1 is 1.28 bits per heavy atom. The van der Waals surface area contributed by atoms with E-state index in [-0.39, 0.29) is 11.7 Å². The van der Waals surface area contributed by atoms with E-state index >= 15 is 0 Å². The number of ketones is 1. The van der Waals surface area contributed by atoms with Gasteiger partial charge in [-0.2, -0.15) is 0 Å². The average Bonchev–Trinajstić information content (AvgIpc) is 2.68. The van der Waals surface area contributed by atoms with Crippen molar-refractivity contribution in [3.8, 4) is 0 Å². The number of fused-ring (bicyclic) bond motifs is 2. The molecule has 4 nitrogen and oxygen atoms in total. The predicted molar refractivity (Wildman–Crippen MR) is 67.6 cm³/mol. The van der Waals surface area contributed by atoms with Crippen LogP contribution >= 0.6 is 0 Å². The van der Waals surface area contributed by atoms with Gasteiger partial charge in [0.05, 0.1) is 11.3 Å². The first-order valence-corrected chi connectivity index (χ1v) is 6.88. The molecule has 2 aliphatic rings. The van der Waals surface area contributed by atoms with Crippen molar-refractivity contribution >= 4 is 5.78 Å². The molecule has 98 valence electrons. The third-order valence-electron chi connectivity index (χ3n) is 4.37. The normalized spacial score (nSPS) is 31.3. The second-order valence-electron chi connectivity index (χ2n) is 5.72. The third kappa shape index (κ3) is 1.99. The maximum atomic E-state index is 12.6. The molecular weight excluding hydrogens is 228 g/mol. The van der Waals surface area contributed by atoms with E-state index in [4.69, 9.17) is 4.52 Å². The van der Waals surface area contributed by atoms with Crippen LogP contribution in [0.15, 0.2) is 4.52 Å². The first-order valence-electron chi connectivity index (χ1n) is 6.88. The Morgan fingerprint density at radius 2 is 1.94 bits per heavy atom. The molecule has 2 unspecified atom stereocenters. The van der Waals surface area contributed by atoms with Crippen LogP contribution in [0.3, 0.4) is 0 Å². The standard InChI is InChI=1S/C14H20N2O2/c1-8-13(9(2)18-16-8)14(17)10-6-11-4-3-5-12(7-10)15-11/h10-12,15H,3-7H2,1-2H3. The Morgan fingerprint density at radius 3 is 2.50 bits per heavy atom. The Hall–Kier alpha value is -1.16. The number of carbonyl (C=O) groups excluding carboxylic acids is 1. The minimum atomic E-state index is 0.151. The molecule has 0 saturated carbocycles. The summed E-state index contributed by atoms with van der Waals surface area (Å²) in [5.74, 6) is 1.06. The molecule has 3 heterocycles. The van der Waals surface area contributed by atoms with Gasteiger partial charge in [-0.05, 0) is 39.5 Å². The summed E-state index contributed by atoms with van der Waals surface area (Å²) in [6.45, 7) is 3.68. The zero-order valence-corrected chi connectivity index (χ0v) is 11.0. The number of nitrogens with one attached hydrogen (secondary N) is 1. The molecule has 1 aromatic heterocycles. The molecule has 2 aliphatic heterocycles. The first kappa shape index (κ1) is 11.9. The van der Waals surface area contributed by atoms with E-state index in [2.05, 4.69) is 10.5 Å². The Balaban J connectivity index is 1.81. The Kier molecular flexibility index (Phi) is 2.98. The van der Waals surface area contributed by atoms with Crippen molar-refractivity contribution < 1.29 is 9.32 Å². The maximum Gasteiger partial charge on any atom is 0.171 e. The summed E-state index contributed by atoms with van der Waals surface area (Å²) < 4.78 is 5.11. The van der Waals surface area contributed by atoms with Gasteiger partial charge < -0.3 is 9.84 Å². The van der Waals surface area contributed by atoms with Gasteiger partial charge in [0.1, 0.15) is 5.76 Å². The largest absolute Gasteiger partial charge is 0.361 e. The molecule has 18 heavy (non-hydrogen) atoms. The number of rotatable bonds is 2. The van der Waals surface area contributed by atoms with E-state index in [0.717, 1.165) is 24.1 Å². The van der Waals surface area contributed by atoms with Crippen LogP contribution in [0.4, 0.5) is 0 Å². The molecule has 3 rings (SSSR count). The van der Waals surface area contributed by atoms with Gasteiger partial charge in [0, 0.05) is 18.0 Å². The summed E-state index contributed by atoms with van der Waals surface area (Å²) in [6, 6.07) is 1.07. The highest BCUT2D eigenvalue weighted by atomic mass is 16.5. The van der Waals surface area contributed by atoms with Crippen molar-refractivity contribution in [3.63, 3.8) is 0 Å². The van der Waals surface area contributed by atoms with Gasteiger partial charge in [-0.15, -0.1) is 0 Å². The average molecular weight is 248 g/mol. The molecule has 2 bridgehead atoms. The molecule has 1 aromatic rings. The second-order valence-corrected chi connectivity index (χ2v) is 5.72. The van der Waals surface area contributed by atoms with E-state index in [1.165, 1.54) is 19.3 Å². The summed E-state index contributed by atoms with van der Waals surface area (Å²) in [4.78, 5) is 12.6. The quantitative estimate of drug-likeness (QED) is 0.816. The Bertz CT molecular complexity index is 435. The maximum absolute atomic E-state index is 12.6. The van der Waals surface area contributed by atoms with Gasteiger partial charge in [-0.3, -0.25) is 4.79 Å². The molecule has 0 spiro atoms. The number of Topliss-reactive ketones (excluding diaryl/α,β-unsaturated/α-hetero) is 1. The number of carbonyl (C=O) groups is 1. The predicted octanol–water partition coefficient (Wildman–Crippen LogP) is 2.39. The van der Waals surface area contributed by atoms with Crippen molar-refractivity contribution in [3.05, 3.63) is 17.0 Å². The monoisotopic (exact) mass is 248 g/mol. The molecule has 2 fully saturated rings. The summed E-state index contributed by atoms with van der Waals surface area (Å²) in [5.41, 5.74) is 1.46. The minimum absolute atomic E-state index is 0.151. The molecule has 1 N–H and O–H groups in total. The van der Waals surface area contributed by atoms with E-state index in [9.17, 15) is 4.79 Å². The van der Waals surface area contributed by atoms with Gasteiger partial charge >= 0.3 is 0 Å². The van der Waals surface area contributed by atoms with Crippen LogP contribution in [0.2, 0.25) is 0 Å². The molecule has 2 saturated heterocycles. The third-order valence-corrected chi connectivity index (χ3v) is 4.37. The minimum Gasteiger partial charge on any atom is -0.361 e. The highest BCUT2D eigenvalue weighted by Crippen LogP contribution is 2.32. The number of nitrogens with zero attached hydrogens (tertiary/aromatic N) is 1. The van der Waals surface area contributed by atoms with Crippen molar-refractivity contribution in [1.29, 1.82) is 0 Å². The topological polar surface area (TPSA) is 55.1 Å². The summed E-state index contributed by atoms with van der Waals surface area (Å²) in [5, 5.41) is 7.51. The number of aromatic nitrogens is 1. The molecule has 0 aliphatic carbocycles. The van der Waals surface area contributed by atoms with Gasteiger partial charge in [0.2, 0.25) is 0 Å². The Labute approximate surface area is 107 Å². The molecule has 4 heteroatoms. The van der Waals surface area contributed by atoms with Gasteiger partial charge in [0.15, 0.2) is 5.78 Å². The van der Waals surface area contributed by atoms with E-state index < -0.39 is 0 Å². The SMILES string of the molecule is Cc1noc(C)c1C(=O)C1CC2CCCC(C1)N2. The molecular formula is C14H20N2O2. The van der Waals surface area contributed by atoms with E-state index in [1.54, 1.807) is 0 Å². The fourth-order valence-electron chi connectivity index (χ4n) is 3.52. The zero-order valence-electron chi connectivity index (χ0n) is 11.0. The van der Waals surface area contributed by atoms with Crippen molar-refractivity contribution in [2.75, 3.05) is 0 Å². The highest BCUT2D eigenvalue weighted by molar-refractivity contribution is 5.99. The number of hydrogen-bond acceptors (Lipinski definition) is 4. The highest BCUT2D eigenvalue weighted by Gasteiger charge is 2.36. The summed E-state index contributed by atoms with van der Waals surface area (Å²) >= 11 is 0.